The molecule has 2 aromatic rings. The van der Waals surface area contributed by atoms with Crippen LogP contribution in [-0.4, -0.2) is 28.6 Å². The van der Waals surface area contributed by atoms with Crippen molar-refractivity contribution < 1.29 is 5.11 Å². The highest BCUT2D eigenvalue weighted by Gasteiger charge is 2.51. The van der Waals surface area contributed by atoms with Crippen molar-refractivity contribution in [3.05, 3.63) is 46.7 Å². The Bertz CT molecular complexity index is 641. The van der Waals surface area contributed by atoms with Gasteiger partial charge in [-0.2, -0.15) is 15.4 Å². The fraction of sp³-hybridized carbons (Fsp3) is 0.385. The van der Waals surface area contributed by atoms with E-state index in [1.807, 2.05) is 0 Å². The lowest BCUT2D eigenvalue weighted by atomic mass is 9.85. The summed E-state index contributed by atoms with van der Waals surface area (Å²) in [4.78, 5) is 0. The Morgan fingerprint density at radius 1 is 1.04 bits per heavy atom. The number of alkyl halides is 5. The standard InChI is InChI=1S/C13H11Cl6N3O/c14-9-3-1-8(2-4-9)11(23,5-10-6-20-22-21-10)7-12(15,16)13(17,18)19/h1-4,6,23H,5,7H2,(H,20,21,22). The molecule has 0 spiro atoms. The summed E-state index contributed by atoms with van der Waals surface area (Å²) in [5, 5.41) is 21.8. The van der Waals surface area contributed by atoms with Crippen LogP contribution in [0.4, 0.5) is 0 Å². The molecule has 2 rings (SSSR count). The lowest BCUT2D eigenvalue weighted by Crippen LogP contribution is -2.42. The van der Waals surface area contributed by atoms with Gasteiger partial charge in [-0.3, -0.25) is 0 Å². The Balaban J connectivity index is 2.40. The number of nitrogens with zero attached hydrogens (tertiary/aromatic N) is 2. The van der Waals surface area contributed by atoms with Crippen molar-refractivity contribution in [2.45, 2.75) is 26.6 Å². The maximum absolute atomic E-state index is 11.2. The van der Waals surface area contributed by atoms with Gasteiger partial charge in [0.25, 0.3) is 0 Å². The van der Waals surface area contributed by atoms with Gasteiger partial charge in [-0.25, -0.2) is 0 Å². The van der Waals surface area contributed by atoms with Crippen LogP contribution in [0.15, 0.2) is 30.5 Å². The number of hydrogen-bond donors (Lipinski definition) is 2. The second-order valence-electron chi connectivity index (χ2n) is 5.06. The average molecular weight is 438 g/mol. The molecule has 1 heterocycles. The second-order valence-corrected chi connectivity index (χ2v) is 9.26. The van der Waals surface area contributed by atoms with E-state index in [4.69, 9.17) is 69.6 Å². The summed E-state index contributed by atoms with van der Waals surface area (Å²) in [7, 11) is 0. The predicted octanol–water partition coefficient (Wildman–Crippen LogP) is 4.82. The number of aromatic amines is 1. The first-order chi connectivity index (χ1) is 10.5. The molecule has 0 radical (unpaired) electrons. The van der Waals surface area contributed by atoms with E-state index in [1.54, 1.807) is 24.3 Å². The normalized spacial score (nSPS) is 15.4. The van der Waals surface area contributed by atoms with E-state index in [0.717, 1.165) is 0 Å². The Kier molecular flexibility index (Phi) is 6.00. The van der Waals surface area contributed by atoms with E-state index in [2.05, 4.69) is 15.4 Å². The number of benzene rings is 1. The molecule has 0 fully saturated rings. The number of aliphatic hydroxyl groups is 1. The van der Waals surface area contributed by atoms with Crippen molar-refractivity contribution in [3.8, 4) is 0 Å². The zero-order valence-corrected chi connectivity index (χ0v) is 15.9. The largest absolute Gasteiger partial charge is 0.385 e. The summed E-state index contributed by atoms with van der Waals surface area (Å²) in [5.74, 6) is 0. The van der Waals surface area contributed by atoms with Crippen LogP contribution in [0.25, 0.3) is 0 Å². The van der Waals surface area contributed by atoms with Crippen LogP contribution in [0.5, 0.6) is 0 Å². The second kappa shape index (κ2) is 7.12. The minimum absolute atomic E-state index is 0.0626. The fourth-order valence-electron chi connectivity index (χ4n) is 2.10. The minimum atomic E-state index is -2.00. The molecule has 0 saturated heterocycles. The van der Waals surface area contributed by atoms with Crippen molar-refractivity contribution in [3.63, 3.8) is 0 Å². The molecule has 0 amide bonds. The number of halogens is 6. The smallest absolute Gasteiger partial charge is 0.223 e. The van der Waals surface area contributed by atoms with E-state index in [0.29, 0.717) is 16.3 Å². The molecule has 0 aliphatic rings. The lowest BCUT2D eigenvalue weighted by Gasteiger charge is -2.36. The molecule has 10 heteroatoms. The zero-order chi connectivity index (χ0) is 17.3. The predicted molar refractivity (Wildman–Crippen MR) is 94.8 cm³/mol. The van der Waals surface area contributed by atoms with E-state index in [9.17, 15) is 5.11 Å². The Labute approximate surface area is 163 Å². The average Bonchev–Trinajstić information content (AvgIpc) is 2.89. The highest BCUT2D eigenvalue weighted by atomic mass is 35.6. The van der Waals surface area contributed by atoms with Crippen molar-refractivity contribution in [1.29, 1.82) is 0 Å². The number of hydrogen-bond acceptors (Lipinski definition) is 3. The van der Waals surface area contributed by atoms with Crippen LogP contribution < -0.4 is 0 Å². The van der Waals surface area contributed by atoms with E-state index in [-0.39, 0.29) is 12.8 Å². The van der Waals surface area contributed by atoms with Gasteiger partial charge >= 0.3 is 0 Å². The molecule has 2 N–H and O–H groups in total. The first kappa shape index (κ1) is 19.4. The third kappa shape index (κ3) is 4.79. The molecule has 1 aromatic heterocycles. The minimum Gasteiger partial charge on any atom is -0.385 e. The molecule has 126 valence electrons. The van der Waals surface area contributed by atoms with Crippen molar-refractivity contribution in [2.75, 3.05) is 0 Å². The fourth-order valence-corrected chi connectivity index (χ4v) is 2.87. The molecule has 1 aromatic carbocycles. The Morgan fingerprint density at radius 3 is 2.13 bits per heavy atom. The van der Waals surface area contributed by atoms with Gasteiger partial charge in [0.1, 0.15) is 0 Å². The Hall–Kier alpha value is 0.0600. The van der Waals surface area contributed by atoms with Gasteiger partial charge < -0.3 is 5.11 Å². The van der Waals surface area contributed by atoms with Gasteiger partial charge in [-0.15, -0.1) is 0 Å². The molecule has 1 atom stereocenters. The monoisotopic (exact) mass is 435 g/mol. The molecular weight excluding hydrogens is 427 g/mol. The van der Waals surface area contributed by atoms with E-state index >= 15 is 0 Å². The van der Waals surface area contributed by atoms with Crippen LogP contribution in [0.2, 0.25) is 5.02 Å². The van der Waals surface area contributed by atoms with Gasteiger partial charge in [-0.1, -0.05) is 81.7 Å². The van der Waals surface area contributed by atoms with Crippen molar-refractivity contribution >= 4 is 69.6 Å². The first-order valence-electron chi connectivity index (χ1n) is 6.31. The summed E-state index contributed by atoms with van der Waals surface area (Å²) >= 11 is 35.7. The summed E-state index contributed by atoms with van der Waals surface area (Å²) in [5.41, 5.74) is -0.546. The van der Waals surface area contributed by atoms with Crippen LogP contribution in [-0.2, 0) is 12.0 Å². The maximum Gasteiger partial charge on any atom is 0.223 e. The van der Waals surface area contributed by atoms with Crippen molar-refractivity contribution in [1.82, 2.24) is 15.4 Å². The van der Waals surface area contributed by atoms with Crippen LogP contribution in [0.1, 0.15) is 17.7 Å². The van der Waals surface area contributed by atoms with E-state index in [1.165, 1.54) is 6.20 Å². The van der Waals surface area contributed by atoms with E-state index < -0.39 is 13.7 Å². The first-order valence-corrected chi connectivity index (χ1v) is 8.58. The lowest BCUT2D eigenvalue weighted by molar-refractivity contribution is 0.0227. The summed E-state index contributed by atoms with van der Waals surface area (Å²) in [6.45, 7) is 0. The molecule has 4 nitrogen and oxygen atoms in total. The summed E-state index contributed by atoms with van der Waals surface area (Å²) in [6, 6.07) is 6.55. The van der Waals surface area contributed by atoms with Crippen LogP contribution in [0.3, 0.4) is 0 Å². The molecule has 23 heavy (non-hydrogen) atoms. The van der Waals surface area contributed by atoms with Gasteiger partial charge in [0.2, 0.25) is 3.79 Å². The van der Waals surface area contributed by atoms with Crippen LogP contribution >= 0.6 is 69.6 Å². The quantitative estimate of drug-likeness (QED) is 0.659. The number of rotatable bonds is 5. The highest BCUT2D eigenvalue weighted by Crippen LogP contribution is 2.52. The highest BCUT2D eigenvalue weighted by molar-refractivity contribution is 6.75. The molecular formula is C13H11Cl6N3O. The van der Waals surface area contributed by atoms with Gasteiger partial charge in [0.15, 0.2) is 4.33 Å². The molecule has 0 aliphatic carbocycles. The molecule has 1 unspecified atom stereocenters. The molecule has 0 aliphatic heterocycles. The topological polar surface area (TPSA) is 61.8 Å². The third-order valence-corrected chi connectivity index (χ3v) is 5.88. The Morgan fingerprint density at radius 2 is 1.65 bits per heavy atom. The number of aromatic nitrogens is 3. The van der Waals surface area contributed by atoms with Gasteiger partial charge in [-0.05, 0) is 17.7 Å². The van der Waals surface area contributed by atoms with Gasteiger partial charge in [0.05, 0.1) is 17.5 Å². The van der Waals surface area contributed by atoms with Crippen molar-refractivity contribution in [2.24, 2.45) is 0 Å². The SMILES string of the molecule is OC(Cc1cn[nH]n1)(CC(Cl)(Cl)C(Cl)(Cl)Cl)c1ccc(Cl)cc1. The maximum atomic E-state index is 11.2. The number of H-pyrrole nitrogens is 1. The van der Waals surface area contributed by atoms with Crippen LogP contribution in [0, 0.1) is 0 Å². The number of nitrogens with one attached hydrogen (secondary N) is 1. The molecule has 0 bridgehead atoms. The van der Waals surface area contributed by atoms with Gasteiger partial charge in [0, 0.05) is 17.9 Å². The summed E-state index contributed by atoms with van der Waals surface area (Å²) in [6.07, 6.45) is 1.28. The zero-order valence-electron chi connectivity index (χ0n) is 11.4. The molecule has 0 saturated carbocycles. The third-order valence-electron chi connectivity index (χ3n) is 3.25. The summed E-state index contributed by atoms with van der Waals surface area (Å²) < 4.78 is -3.84.